The van der Waals surface area contributed by atoms with Crippen molar-refractivity contribution in [1.82, 2.24) is 0 Å². The predicted octanol–water partition coefficient (Wildman–Crippen LogP) is 9.27. The average molecular weight is 487 g/mol. The van der Waals surface area contributed by atoms with Crippen LogP contribution in [0.3, 0.4) is 0 Å². The molecule has 0 saturated carbocycles. The minimum atomic E-state index is 0. The molecule has 2 nitrogen and oxygen atoms in total. The lowest BCUT2D eigenvalue weighted by Crippen LogP contribution is -2.12. The molecule has 0 aromatic heterocycles. The number of fused-ring (bicyclic) bond motifs is 2. The second kappa shape index (κ2) is 13.3. The molecule has 2 aliphatic rings. The van der Waals surface area contributed by atoms with Crippen molar-refractivity contribution in [2.75, 3.05) is 19.0 Å². The highest BCUT2D eigenvalue weighted by molar-refractivity contribution is 6.00. The summed E-state index contributed by atoms with van der Waals surface area (Å²) in [5, 5.41) is 0. The Labute approximate surface area is 223 Å². The van der Waals surface area contributed by atoms with Crippen LogP contribution in [0.1, 0.15) is 68.4 Å². The zero-order valence-electron chi connectivity index (χ0n) is 25.6. The molecule has 2 aliphatic heterocycles. The van der Waals surface area contributed by atoms with Gasteiger partial charge in [-0.15, -0.1) is 0 Å². The lowest BCUT2D eigenvalue weighted by Gasteiger charge is -2.17. The van der Waals surface area contributed by atoms with E-state index in [1.54, 1.807) is 0 Å². The minimum absolute atomic E-state index is 0. The Balaban J connectivity index is 0.00000131. The highest BCUT2D eigenvalue weighted by atomic mass is 15.1. The predicted molar refractivity (Wildman–Crippen MR) is 163 cm³/mol. The Morgan fingerprint density at radius 3 is 2.08 bits per heavy atom. The summed E-state index contributed by atoms with van der Waals surface area (Å²) in [6.07, 6.45) is 6.72. The van der Waals surface area contributed by atoms with Crippen LogP contribution in [0.2, 0.25) is 0 Å². The molecule has 0 fully saturated rings. The van der Waals surface area contributed by atoms with E-state index in [1.165, 1.54) is 69.2 Å². The summed E-state index contributed by atoms with van der Waals surface area (Å²) in [6, 6.07) is 17.4. The Morgan fingerprint density at radius 1 is 0.889 bits per heavy atom. The van der Waals surface area contributed by atoms with Gasteiger partial charge in [0.1, 0.15) is 7.05 Å². The van der Waals surface area contributed by atoms with Gasteiger partial charge in [0.05, 0.1) is 6.42 Å². The summed E-state index contributed by atoms with van der Waals surface area (Å²) in [6.45, 7) is 15.2. The van der Waals surface area contributed by atoms with Gasteiger partial charge in [0.15, 0.2) is 5.71 Å². The second-order valence-electron chi connectivity index (χ2n) is 9.27. The summed E-state index contributed by atoms with van der Waals surface area (Å²) < 4.78 is 8.09. The Morgan fingerprint density at radius 2 is 1.47 bits per heavy atom. The molecule has 4 rings (SSSR count). The molecule has 0 amide bonds. The van der Waals surface area contributed by atoms with E-state index in [-0.39, 0.29) is 7.43 Å². The molecule has 194 valence electrons. The number of nitrogens with zero attached hydrogens (tertiary/aromatic N) is 2. The van der Waals surface area contributed by atoms with E-state index >= 15 is 0 Å². The van der Waals surface area contributed by atoms with Gasteiger partial charge in [-0.2, -0.15) is 4.58 Å². The van der Waals surface area contributed by atoms with Gasteiger partial charge in [-0.25, -0.2) is 0 Å². The molecule has 0 unspecified atom stereocenters. The van der Waals surface area contributed by atoms with E-state index < -0.39 is 0 Å². The van der Waals surface area contributed by atoms with Crippen molar-refractivity contribution in [2.24, 2.45) is 0 Å². The first kappa shape index (κ1) is 29.1. The molecule has 0 N–H and O–H groups in total. The molecule has 0 aliphatic carbocycles. The molecule has 0 saturated heterocycles. The van der Waals surface area contributed by atoms with Crippen LogP contribution >= 0.6 is 0 Å². The van der Waals surface area contributed by atoms with Crippen molar-refractivity contribution in [3.63, 3.8) is 0 Å². The Bertz CT molecular complexity index is 1240. The normalized spacial score (nSPS) is 16.9. The SMILES string of the molecule is CC.C\C(=C/C(C)=C(C)/C(C)=C/C(C)=C1\Cc2ccccc2N1C)C1=[N+](C)c2ccccc2C1.[3H]C.[CH3-]. The molecule has 0 atom stereocenters. The fourth-order valence-electron chi connectivity index (χ4n) is 5.02. The Hall–Kier alpha value is -3.13. The maximum absolute atomic E-state index is 5.75. The maximum atomic E-state index is 5.75. The van der Waals surface area contributed by atoms with Gasteiger partial charge >= 0.3 is 0 Å². The van der Waals surface area contributed by atoms with E-state index in [2.05, 4.69) is 119 Å². The highest BCUT2D eigenvalue weighted by Crippen LogP contribution is 2.35. The number of hydrogen-bond acceptors (Lipinski definition) is 1. The molecule has 0 radical (unpaired) electrons. The van der Waals surface area contributed by atoms with E-state index in [0.29, 0.717) is 0 Å². The molecule has 2 aromatic rings. The van der Waals surface area contributed by atoms with Crippen molar-refractivity contribution in [2.45, 2.75) is 68.7 Å². The van der Waals surface area contributed by atoms with Crippen LogP contribution in [0.15, 0.2) is 94.2 Å². The van der Waals surface area contributed by atoms with Gasteiger partial charge < -0.3 is 12.3 Å². The highest BCUT2D eigenvalue weighted by Gasteiger charge is 2.27. The lowest BCUT2D eigenvalue weighted by molar-refractivity contribution is -0.401. The van der Waals surface area contributed by atoms with Crippen LogP contribution in [-0.4, -0.2) is 24.4 Å². The first-order chi connectivity index (χ1) is 17.3. The smallest absolute Gasteiger partial charge is 0.208 e. The zero-order chi connectivity index (χ0) is 27.0. The zero-order valence-corrected chi connectivity index (χ0v) is 24.6. The van der Waals surface area contributed by atoms with Crippen LogP contribution in [0, 0.1) is 7.43 Å². The topological polar surface area (TPSA) is 6.25 Å². The average Bonchev–Trinajstić information content (AvgIpc) is 3.43. The van der Waals surface area contributed by atoms with Gasteiger partial charge in [0.2, 0.25) is 5.69 Å². The number of hydrogen-bond donors (Lipinski definition) is 0. The number of rotatable bonds is 4. The minimum Gasteiger partial charge on any atom is -0.358 e. The van der Waals surface area contributed by atoms with E-state index in [1.807, 2.05) is 13.8 Å². The van der Waals surface area contributed by atoms with Gasteiger partial charge in [-0.3, -0.25) is 0 Å². The van der Waals surface area contributed by atoms with Crippen molar-refractivity contribution < 1.29 is 5.95 Å². The third-order valence-corrected chi connectivity index (χ3v) is 7.19. The third kappa shape index (κ3) is 6.16. The molecule has 0 bridgehead atoms. The molecule has 0 spiro atoms. The molecule has 2 heteroatoms. The van der Waals surface area contributed by atoms with Crippen LogP contribution in [0.25, 0.3) is 0 Å². The summed E-state index contributed by atoms with van der Waals surface area (Å²) in [7, 11) is 5.61. The number of anilines is 1. The van der Waals surface area contributed by atoms with Crippen molar-refractivity contribution in [3.8, 4) is 0 Å². The van der Waals surface area contributed by atoms with E-state index in [4.69, 9.17) is 1.37 Å². The quantitative estimate of drug-likeness (QED) is 0.237. The van der Waals surface area contributed by atoms with Gasteiger partial charge in [-0.05, 0) is 74.6 Å². The van der Waals surface area contributed by atoms with Crippen LogP contribution in [-0.2, 0) is 12.8 Å². The molecule has 2 heterocycles. The standard InChI is InChI=1S/C30H35N2.C2H6.CH4.CH3/c1-20(16-22(3)29-18-25-12-8-10-14-27(25)31(29)6)24(5)21(2)17-23(4)30-19-26-13-9-11-15-28(26)32(30)7;1-2;;/h8-17H,18-19H2,1-7H3;1-2H3;1H4;1H3/q+1;;;-1/i;;1T;. The van der Waals surface area contributed by atoms with Crippen LogP contribution in [0.4, 0.5) is 11.4 Å². The lowest BCUT2D eigenvalue weighted by atomic mass is 9.97. The van der Waals surface area contributed by atoms with E-state index in [0.717, 1.165) is 12.8 Å². The number of benzene rings is 2. The summed E-state index contributed by atoms with van der Waals surface area (Å²) >= 11 is 0. The monoisotopic (exact) mass is 486 g/mol. The first-order valence-corrected chi connectivity index (χ1v) is 12.5. The van der Waals surface area contributed by atoms with Crippen LogP contribution < -0.4 is 4.90 Å². The second-order valence-corrected chi connectivity index (χ2v) is 9.27. The van der Waals surface area contributed by atoms with Gasteiger partial charge in [0.25, 0.3) is 0 Å². The summed E-state index contributed by atoms with van der Waals surface area (Å²) in [5.41, 5.74) is 15.0. The number of allylic oxidation sites excluding steroid dienone is 8. The van der Waals surface area contributed by atoms with E-state index in [9.17, 15) is 0 Å². The maximum Gasteiger partial charge on any atom is 0.208 e. The molecule has 36 heavy (non-hydrogen) atoms. The number of para-hydroxylation sites is 2. The first-order valence-electron chi connectivity index (χ1n) is 13.5. The Kier molecular flexibility index (Phi) is 10.7. The third-order valence-electron chi connectivity index (χ3n) is 7.19. The fraction of sp³-hybridized carbons (Fsp3) is 0.353. The van der Waals surface area contributed by atoms with Crippen LogP contribution in [0.5, 0.6) is 0 Å². The summed E-state index contributed by atoms with van der Waals surface area (Å²) in [4.78, 5) is 2.34. The van der Waals surface area contributed by atoms with Crippen molar-refractivity contribution >= 4 is 17.1 Å². The number of likely N-dealkylation sites (N-methyl/N-ethyl adjacent to an activating group) is 1. The molecular weight excluding hydrogens is 436 g/mol. The largest absolute Gasteiger partial charge is 0.358 e. The van der Waals surface area contributed by atoms with Gasteiger partial charge in [-0.1, -0.05) is 63.7 Å². The molecule has 2 aromatic carbocycles. The van der Waals surface area contributed by atoms with Crippen molar-refractivity contribution in [1.29, 1.82) is 0 Å². The summed E-state index contributed by atoms with van der Waals surface area (Å²) in [5.74, 6) is 0. The molecular formula is C34H48N2. The van der Waals surface area contributed by atoms with Crippen molar-refractivity contribution in [3.05, 3.63) is 113 Å². The fourth-order valence-corrected chi connectivity index (χ4v) is 5.02. The van der Waals surface area contributed by atoms with Gasteiger partial charge in [0, 0.05) is 43.4 Å².